The Bertz CT molecular complexity index is 777. The van der Waals surface area contributed by atoms with Crippen LogP contribution in [0.15, 0.2) is 42.5 Å². The number of rotatable bonds is 5. The fourth-order valence-electron chi connectivity index (χ4n) is 2.33. The highest BCUT2D eigenvalue weighted by molar-refractivity contribution is 6.01. The number of hydrogen-bond donors (Lipinski definition) is 3. The Morgan fingerprint density at radius 1 is 1.08 bits per heavy atom. The van der Waals surface area contributed by atoms with Crippen LogP contribution >= 0.6 is 0 Å². The van der Waals surface area contributed by atoms with Crippen LogP contribution in [-0.2, 0) is 4.79 Å². The van der Waals surface area contributed by atoms with Crippen molar-refractivity contribution in [1.82, 2.24) is 10.6 Å². The first kappa shape index (κ1) is 18.6. The average molecular weight is 343 g/mol. The van der Waals surface area contributed by atoms with E-state index in [-0.39, 0.29) is 18.4 Å². The molecule has 0 spiro atoms. The monoisotopic (exact) mass is 343 g/mol. The minimum Gasteiger partial charge on any atom is -0.308 e. The lowest BCUT2D eigenvalue weighted by Crippen LogP contribution is -2.40. The molecule has 3 amide bonds. The van der Waals surface area contributed by atoms with Gasteiger partial charge >= 0.3 is 6.03 Å². The normalized spacial score (nSPS) is 11.7. The Kier molecular flexibility index (Phi) is 6.25. The molecule has 132 valence electrons. The lowest BCUT2D eigenvalue weighted by molar-refractivity contribution is -0.119. The highest BCUT2D eigenvalue weighted by Crippen LogP contribution is 2.16. The van der Waals surface area contributed by atoms with Crippen molar-refractivity contribution in [2.24, 2.45) is 0 Å². The van der Waals surface area contributed by atoms with Crippen molar-refractivity contribution in [3.8, 4) is 0 Å². The zero-order valence-corrected chi connectivity index (χ0v) is 14.5. The Labute approximate surface area is 146 Å². The fourth-order valence-corrected chi connectivity index (χ4v) is 2.33. The molecule has 6 heteroatoms. The SMILES string of the molecule is Cc1ccc(NC(=O)NC(=O)CNC(C)c2ccccc2F)cc1C. The number of aryl methyl sites for hydroxylation is 2. The summed E-state index contributed by atoms with van der Waals surface area (Å²) in [5, 5.41) is 7.74. The van der Waals surface area contributed by atoms with Gasteiger partial charge in [-0.1, -0.05) is 24.3 Å². The van der Waals surface area contributed by atoms with Gasteiger partial charge in [0.15, 0.2) is 0 Å². The zero-order chi connectivity index (χ0) is 18.4. The first-order valence-electron chi connectivity index (χ1n) is 8.02. The predicted molar refractivity (Wildman–Crippen MR) is 95.9 cm³/mol. The van der Waals surface area contributed by atoms with Crippen molar-refractivity contribution in [3.63, 3.8) is 0 Å². The van der Waals surface area contributed by atoms with Gasteiger partial charge in [0, 0.05) is 17.3 Å². The summed E-state index contributed by atoms with van der Waals surface area (Å²) >= 11 is 0. The van der Waals surface area contributed by atoms with Gasteiger partial charge in [0.1, 0.15) is 5.82 Å². The van der Waals surface area contributed by atoms with Crippen LogP contribution in [0.2, 0.25) is 0 Å². The van der Waals surface area contributed by atoms with E-state index in [0.29, 0.717) is 11.3 Å². The topological polar surface area (TPSA) is 70.2 Å². The number of benzene rings is 2. The number of anilines is 1. The molecule has 0 bridgehead atoms. The molecule has 1 unspecified atom stereocenters. The molecule has 1 atom stereocenters. The fraction of sp³-hybridized carbons (Fsp3) is 0.263. The molecule has 25 heavy (non-hydrogen) atoms. The third kappa shape index (κ3) is 5.39. The molecule has 0 aliphatic rings. The smallest absolute Gasteiger partial charge is 0.308 e. The van der Waals surface area contributed by atoms with E-state index in [9.17, 15) is 14.0 Å². The number of nitrogens with one attached hydrogen (secondary N) is 3. The average Bonchev–Trinajstić information content (AvgIpc) is 2.56. The Balaban J connectivity index is 1.82. The number of urea groups is 1. The summed E-state index contributed by atoms with van der Waals surface area (Å²) in [5.41, 5.74) is 3.24. The molecule has 0 aliphatic carbocycles. The summed E-state index contributed by atoms with van der Waals surface area (Å²) in [4.78, 5) is 23.7. The first-order valence-corrected chi connectivity index (χ1v) is 8.02. The van der Waals surface area contributed by atoms with E-state index in [4.69, 9.17) is 0 Å². The van der Waals surface area contributed by atoms with Gasteiger partial charge in [-0.05, 0) is 50.1 Å². The van der Waals surface area contributed by atoms with Crippen LogP contribution in [-0.4, -0.2) is 18.5 Å². The Hall–Kier alpha value is -2.73. The van der Waals surface area contributed by atoms with Gasteiger partial charge in [-0.15, -0.1) is 0 Å². The van der Waals surface area contributed by atoms with Crippen LogP contribution in [0.3, 0.4) is 0 Å². The van der Waals surface area contributed by atoms with Gasteiger partial charge in [0.2, 0.25) is 5.91 Å². The van der Waals surface area contributed by atoms with Gasteiger partial charge in [-0.2, -0.15) is 0 Å². The standard InChI is InChI=1S/C19H22FN3O2/c1-12-8-9-15(10-13(12)2)22-19(25)23-18(24)11-21-14(3)16-6-4-5-7-17(16)20/h4-10,14,21H,11H2,1-3H3,(H2,22,23,24,25). The van der Waals surface area contributed by atoms with Crippen molar-refractivity contribution >= 4 is 17.6 Å². The minimum absolute atomic E-state index is 0.101. The van der Waals surface area contributed by atoms with Gasteiger partial charge < -0.3 is 10.6 Å². The number of halogens is 1. The number of amides is 3. The maximum atomic E-state index is 13.7. The molecule has 2 rings (SSSR count). The van der Waals surface area contributed by atoms with Crippen molar-refractivity contribution in [1.29, 1.82) is 0 Å². The Morgan fingerprint density at radius 3 is 2.48 bits per heavy atom. The third-order valence-corrected chi connectivity index (χ3v) is 3.96. The summed E-state index contributed by atoms with van der Waals surface area (Å²) in [6.45, 7) is 5.57. The first-order chi connectivity index (χ1) is 11.9. The number of imide groups is 1. The molecule has 3 N–H and O–H groups in total. The van der Waals surface area contributed by atoms with E-state index in [1.807, 2.05) is 26.0 Å². The molecule has 0 heterocycles. The number of hydrogen-bond acceptors (Lipinski definition) is 3. The van der Waals surface area contributed by atoms with Crippen molar-refractivity contribution in [3.05, 3.63) is 65.0 Å². The number of carbonyl (C=O) groups excluding carboxylic acids is 2. The molecule has 0 saturated heterocycles. The van der Waals surface area contributed by atoms with Gasteiger partial charge in [-0.25, -0.2) is 9.18 Å². The summed E-state index contributed by atoms with van der Waals surface area (Å²) < 4.78 is 13.7. The van der Waals surface area contributed by atoms with E-state index in [0.717, 1.165) is 11.1 Å². The molecule has 0 saturated carbocycles. The van der Waals surface area contributed by atoms with Gasteiger partial charge in [0.05, 0.1) is 6.54 Å². The molecule has 0 aromatic heterocycles. The van der Waals surface area contributed by atoms with Crippen molar-refractivity contribution < 1.29 is 14.0 Å². The number of carbonyl (C=O) groups is 2. The van der Waals surface area contributed by atoms with Crippen LogP contribution < -0.4 is 16.0 Å². The van der Waals surface area contributed by atoms with Crippen LogP contribution in [0.1, 0.15) is 29.7 Å². The zero-order valence-electron chi connectivity index (χ0n) is 14.5. The summed E-state index contributed by atoms with van der Waals surface area (Å²) in [5.74, 6) is -0.833. The van der Waals surface area contributed by atoms with Crippen molar-refractivity contribution in [2.45, 2.75) is 26.8 Å². The van der Waals surface area contributed by atoms with E-state index in [1.165, 1.54) is 6.07 Å². The van der Waals surface area contributed by atoms with Crippen LogP contribution in [0.5, 0.6) is 0 Å². The second kappa shape index (κ2) is 8.39. The highest BCUT2D eigenvalue weighted by Gasteiger charge is 2.13. The minimum atomic E-state index is -0.603. The largest absolute Gasteiger partial charge is 0.325 e. The van der Waals surface area contributed by atoms with Crippen molar-refractivity contribution in [2.75, 3.05) is 11.9 Å². The lowest BCUT2D eigenvalue weighted by Gasteiger charge is -2.15. The van der Waals surface area contributed by atoms with E-state index in [1.54, 1.807) is 31.2 Å². The Morgan fingerprint density at radius 2 is 1.80 bits per heavy atom. The molecule has 2 aromatic carbocycles. The second-order valence-electron chi connectivity index (χ2n) is 5.93. The van der Waals surface area contributed by atoms with Gasteiger partial charge in [0.25, 0.3) is 0 Å². The molecular formula is C19H22FN3O2. The highest BCUT2D eigenvalue weighted by atomic mass is 19.1. The summed E-state index contributed by atoms with van der Waals surface area (Å²) in [7, 11) is 0. The maximum Gasteiger partial charge on any atom is 0.325 e. The molecule has 2 aromatic rings. The van der Waals surface area contributed by atoms with E-state index < -0.39 is 11.9 Å². The second-order valence-corrected chi connectivity index (χ2v) is 5.93. The molecule has 5 nitrogen and oxygen atoms in total. The van der Waals surface area contributed by atoms with Gasteiger partial charge in [-0.3, -0.25) is 10.1 Å². The van der Waals surface area contributed by atoms with Crippen LogP contribution in [0.4, 0.5) is 14.9 Å². The molecular weight excluding hydrogens is 321 g/mol. The lowest BCUT2D eigenvalue weighted by atomic mass is 10.1. The summed E-state index contributed by atoms with van der Waals surface area (Å²) in [6.07, 6.45) is 0. The summed E-state index contributed by atoms with van der Waals surface area (Å²) in [6, 6.07) is 10.9. The van der Waals surface area contributed by atoms with E-state index >= 15 is 0 Å². The van der Waals surface area contributed by atoms with E-state index in [2.05, 4.69) is 16.0 Å². The molecule has 0 aliphatic heterocycles. The van der Waals surface area contributed by atoms with Crippen LogP contribution in [0, 0.1) is 19.7 Å². The third-order valence-electron chi connectivity index (χ3n) is 3.96. The molecule has 0 fully saturated rings. The van der Waals surface area contributed by atoms with Crippen LogP contribution in [0.25, 0.3) is 0 Å². The quantitative estimate of drug-likeness (QED) is 0.779. The maximum absolute atomic E-state index is 13.7. The predicted octanol–water partition coefficient (Wildman–Crippen LogP) is 3.44. The molecule has 0 radical (unpaired) electrons.